The van der Waals surface area contributed by atoms with Gasteiger partial charge in [0.2, 0.25) is 5.88 Å². The van der Waals surface area contributed by atoms with Crippen LogP contribution in [0.4, 0.5) is 13.2 Å². The number of nitrogens with zero attached hydrogens (tertiary/aromatic N) is 2. The van der Waals surface area contributed by atoms with E-state index in [1.807, 2.05) is 0 Å². The summed E-state index contributed by atoms with van der Waals surface area (Å²) < 4.78 is 49.1. The Morgan fingerprint density at radius 3 is 2.48 bits per heavy atom. The number of ether oxygens (including phenoxy) is 1. The van der Waals surface area contributed by atoms with Gasteiger partial charge >= 0.3 is 0 Å². The van der Waals surface area contributed by atoms with Crippen LogP contribution in [0.15, 0.2) is 36.4 Å². The van der Waals surface area contributed by atoms with E-state index in [4.69, 9.17) is 4.74 Å². The van der Waals surface area contributed by atoms with Gasteiger partial charge in [0.05, 0.1) is 10.9 Å². The van der Waals surface area contributed by atoms with E-state index in [0.717, 1.165) is 42.7 Å². The average Bonchev–Trinajstić information content (AvgIpc) is 2.93. The molecule has 3 aromatic rings. The molecule has 0 aliphatic carbocycles. The first kappa shape index (κ1) is 16.0. The molecule has 0 radical (unpaired) electrons. The molecule has 2 heterocycles. The summed E-state index contributed by atoms with van der Waals surface area (Å²) in [7, 11) is 0. The van der Waals surface area contributed by atoms with Crippen molar-refractivity contribution in [3.63, 3.8) is 0 Å². The van der Waals surface area contributed by atoms with Gasteiger partial charge in [-0.25, -0.2) is 17.9 Å². The molecule has 0 saturated carbocycles. The van der Waals surface area contributed by atoms with Gasteiger partial charge in [-0.1, -0.05) is 6.07 Å². The molecule has 1 aromatic heterocycles. The minimum atomic E-state index is -0.748. The van der Waals surface area contributed by atoms with Gasteiger partial charge in [0.15, 0.2) is 11.6 Å². The predicted octanol–water partition coefficient (Wildman–Crippen LogP) is 3.57. The fourth-order valence-electron chi connectivity index (χ4n) is 3.08. The van der Waals surface area contributed by atoms with Gasteiger partial charge < -0.3 is 10.1 Å². The smallest absolute Gasteiger partial charge is 0.241 e. The average molecular weight is 347 g/mol. The van der Waals surface area contributed by atoms with Crippen molar-refractivity contribution in [3.05, 3.63) is 53.8 Å². The molecule has 1 saturated heterocycles. The lowest BCUT2D eigenvalue weighted by Gasteiger charge is -2.22. The van der Waals surface area contributed by atoms with Crippen molar-refractivity contribution in [1.82, 2.24) is 15.1 Å². The zero-order valence-electron chi connectivity index (χ0n) is 13.3. The van der Waals surface area contributed by atoms with Crippen LogP contribution < -0.4 is 10.1 Å². The van der Waals surface area contributed by atoms with E-state index >= 15 is 0 Å². The standard InChI is InChI=1S/C18H16F3N3O/c19-11-4-5-16-13(10-11)18(25-12-6-8-22-9-7-12)23-24(16)17-14(20)2-1-3-15(17)21/h1-5,10,12,22H,6-9H2. The molecule has 0 amide bonds. The normalized spacial score (nSPS) is 15.6. The Morgan fingerprint density at radius 1 is 1.04 bits per heavy atom. The van der Waals surface area contributed by atoms with E-state index in [-0.39, 0.29) is 17.7 Å². The molecule has 1 N–H and O–H groups in total. The molecule has 25 heavy (non-hydrogen) atoms. The van der Waals surface area contributed by atoms with E-state index in [2.05, 4.69) is 10.4 Å². The quantitative estimate of drug-likeness (QED) is 0.787. The first-order valence-corrected chi connectivity index (χ1v) is 8.13. The number of aromatic nitrogens is 2. The molecule has 0 bridgehead atoms. The number of hydrogen-bond donors (Lipinski definition) is 1. The molecule has 130 valence electrons. The SMILES string of the molecule is Fc1ccc2c(c1)c(OC1CCNCC1)nn2-c1c(F)cccc1F. The van der Waals surface area contributed by atoms with Crippen LogP contribution in [0.2, 0.25) is 0 Å². The van der Waals surface area contributed by atoms with Crippen LogP contribution in [0.3, 0.4) is 0 Å². The van der Waals surface area contributed by atoms with Crippen LogP contribution in [-0.2, 0) is 0 Å². The van der Waals surface area contributed by atoms with Crippen molar-refractivity contribution >= 4 is 10.9 Å². The van der Waals surface area contributed by atoms with E-state index in [1.165, 1.54) is 24.3 Å². The van der Waals surface area contributed by atoms with Gasteiger partial charge in [-0.3, -0.25) is 0 Å². The molecule has 7 heteroatoms. The Bertz CT molecular complexity index is 899. The van der Waals surface area contributed by atoms with Gasteiger partial charge in [-0.2, -0.15) is 0 Å². The maximum atomic E-state index is 14.2. The number of para-hydroxylation sites is 1. The highest BCUT2D eigenvalue weighted by molar-refractivity contribution is 5.86. The summed E-state index contributed by atoms with van der Waals surface area (Å²) in [4.78, 5) is 0. The number of hydrogen-bond acceptors (Lipinski definition) is 3. The third-order valence-electron chi connectivity index (χ3n) is 4.32. The van der Waals surface area contributed by atoms with E-state index in [0.29, 0.717) is 10.9 Å². The third kappa shape index (κ3) is 2.95. The first-order valence-electron chi connectivity index (χ1n) is 8.13. The highest BCUT2D eigenvalue weighted by atomic mass is 19.1. The van der Waals surface area contributed by atoms with Crippen LogP contribution in [0, 0.1) is 17.5 Å². The number of halogens is 3. The molecule has 2 aromatic carbocycles. The molecule has 0 spiro atoms. The first-order chi connectivity index (χ1) is 12.1. The van der Waals surface area contributed by atoms with Crippen molar-refractivity contribution in [1.29, 1.82) is 0 Å². The molecule has 1 aliphatic heterocycles. The van der Waals surface area contributed by atoms with Gasteiger partial charge in [0, 0.05) is 0 Å². The molecular formula is C18H16F3N3O. The van der Waals surface area contributed by atoms with E-state index in [1.54, 1.807) is 0 Å². The maximum Gasteiger partial charge on any atom is 0.241 e. The van der Waals surface area contributed by atoms with Crippen LogP contribution in [0.1, 0.15) is 12.8 Å². The molecule has 4 rings (SSSR count). The summed E-state index contributed by atoms with van der Waals surface area (Å²) >= 11 is 0. The lowest BCUT2D eigenvalue weighted by Crippen LogP contribution is -2.34. The lowest BCUT2D eigenvalue weighted by atomic mass is 10.1. The summed E-state index contributed by atoms with van der Waals surface area (Å²) in [5, 5.41) is 7.86. The Morgan fingerprint density at radius 2 is 1.76 bits per heavy atom. The van der Waals surface area contributed by atoms with Crippen LogP contribution in [0.5, 0.6) is 5.88 Å². The number of benzene rings is 2. The number of fused-ring (bicyclic) bond motifs is 1. The Labute approximate surface area is 142 Å². The molecule has 4 nitrogen and oxygen atoms in total. The minimum Gasteiger partial charge on any atom is -0.473 e. The van der Waals surface area contributed by atoms with Crippen molar-refractivity contribution in [2.24, 2.45) is 0 Å². The van der Waals surface area contributed by atoms with Crippen molar-refractivity contribution in [3.8, 4) is 11.6 Å². The molecular weight excluding hydrogens is 331 g/mol. The second kappa shape index (κ2) is 6.40. The second-order valence-electron chi connectivity index (χ2n) is 6.02. The summed E-state index contributed by atoms with van der Waals surface area (Å²) in [5.74, 6) is -1.77. The predicted molar refractivity (Wildman–Crippen MR) is 87.5 cm³/mol. The zero-order valence-corrected chi connectivity index (χ0v) is 13.3. The Balaban J connectivity index is 1.85. The fourth-order valence-corrected chi connectivity index (χ4v) is 3.08. The third-order valence-corrected chi connectivity index (χ3v) is 4.32. The van der Waals surface area contributed by atoms with Crippen LogP contribution >= 0.6 is 0 Å². The Kier molecular flexibility index (Phi) is 4.09. The molecule has 1 aliphatic rings. The van der Waals surface area contributed by atoms with Gasteiger partial charge in [-0.05, 0) is 56.3 Å². The maximum absolute atomic E-state index is 14.2. The highest BCUT2D eigenvalue weighted by Crippen LogP contribution is 2.31. The van der Waals surface area contributed by atoms with Crippen LogP contribution in [-0.4, -0.2) is 29.0 Å². The Hall–Kier alpha value is -2.54. The van der Waals surface area contributed by atoms with Crippen molar-refractivity contribution < 1.29 is 17.9 Å². The topological polar surface area (TPSA) is 39.1 Å². The van der Waals surface area contributed by atoms with Crippen molar-refractivity contribution in [2.45, 2.75) is 18.9 Å². The van der Waals surface area contributed by atoms with Crippen LogP contribution in [0.25, 0.3) is 16.6 Å². The lowest BCUT2D eigenvalue weighted by molar-refractivity contribution is 0.157. The zero-order chi connectivity index (χ0) is 17.4. The summed E-state index contributed by atoms with van der Waals surface area (Å²) in [6, 6.07) is 7.54. The van der Waals surface area contributed by atoms with E-state index in [9.17, 15) is 13.2 Å². The van der Waals surface area contributed by atoms with Gasteiger partial charge in [-0.15, -0.1) is 5.10 Å². The summed E-state index contributed by atoms with van der Waals surface area (Å²) in [5.41, 5.74) is 0.0774. The van der Waals surface area contributed by atoms with Gasteiger partial charge in [0.1, 0.15) is 17.6 Å². The number of piperidine rings is 1. The summed E-state index contributed by atoms with van der Waals surface area (Å²) in [6.45, 7) is 1.64. The molecule has 1 fully saturated rings. The fraction of sp³-hybridized carbons (Fsp3) is 0.278. The number of nitrogens with one attached hydrogen (secondary N) is 1. The monoisotopic (exact) mass is 347 g/mol. The molecule has 0 atom stereocenters. The summed E-state index contributed by atoms with van der Waals surface area (Å²) in [6.07, 6.45) is 1.51. The largest absolute Gasteiger partial charge is 0.473 e. The molecule has 0 unspecified atom stereocenters. The second-order valence-corrected chi connectivity index (χ2v) is 6.02. The minimum absolute atomic E-state index is 0.0680. The van der Waals surface area contributed by atoms with Crippen molar-refractivity contribution in [2.75, 3.05) is 13.1 Å². The van der Waals surface area contributed by atoms with Gasteiger partial charge in [0.25, 0.3) is 0 Å². The number of rotatable bonds is 3. The highest BCUT2D eigenvalue weighted by Gasteiger charge is 2.22. The van der Waals surface area contributed by atoms with E-state index < -0.39 is 17.5 Å².